The van der Waals surface area contributed by atoms with Gasteiger partial charge in [0, 0.05) is 37.3 Å². The molecule has 0 bridgehead atoms. The van der Waals surface area contributed by atoms with Gasteiger partial charge in [-0.3, -0.25) is 29.9 Å². The Balaban J connectivity index is 2.20. The van der Waals surface area contributed by atoms with Crippen molar-refractivity contribution in [1.29, 1.82) is 0 Å². The van der Waals surface area contributed by atoms with Gasteiger partial charge in [-0.2, -0.15) is 0 Å². The molecule has 2 atom stereocenters. The minimum atomic E-state index is -1.51. The first-order valence-electron chi connectivity index (χ1n) is 9.34. The van der Waals surface area contributed by atoms with Crippen LogP contribution in [0.5, 0.6) is 0 Å². The van der Waals surface area contributed by atoms with E-state index in [1.54, 1.807) is 27.0 Å². The van der Waals surface area contributed by atoms with E-state index in [1.807, 2.05) is 11.8 Å². The minimum Gasteiger partial charge on any atom is -0.370 e. The minimum absolute atomic E-state index is 0.0141. The maximum Gasteiger partial charge on any atom is 0.331 e. The van der Waals surface area contributed by atoms with Crippen LogP contribution in [0.25, 0.3) is 0 Å². The van der Waals surface area contributed by atoms with Gasteiger partial charge in [-0.05, 0) is 31.9 Å². The molecule has 150 valence electrons. The number of benzene rings is 1. The zero-order valence-electron chi connectivity index (χ0n) is 16.4. The summed E-state index contributed by atoms with van der Waals surface area (Å²) >= 11 is 0. The first-order valence-corrected chi connectivity index (χ1v) is 9.34. The highest BCUT2D eigenvalue weighted by Crippen LogP contribution is 2.46. The molecule has 9 heteroatoms. The van der Waals surface area contributed by atoms with Crippen LogP contribution in [-0.4, -0.2) is 46.8 Å². The number of imide groups is 2. The molecule has 9 nitrogen and oxygen atoms in total. The molecular formula is C19H24N4O5. The summed E-state index contributed by atoms with van der Waals surface area (Å²) in [6.07, 6.45) is 1.31. The fourth-order valence-corrected chi connectivity index (χ4v) is 4.39. The van der Waals surface area contributed by atoms with Crippen LogP contribution in [0.4, 0.5) is 16.2 Å². The van der Waals surface area contributed by atoms with Crippen molar-refractivity contribution in [3.63, 3.8) is 0 Å². The van der Waals surface area contributed by atoms with Crippen LogP contribution >= 0.6 is 0 Å². The molecule has 1 aromatic rings. The second-order valence-electron chi connectivity index (χ2n) is 7.66. The maximum absolute atomic E-state index is 13.5. The van der Waals surface area contributed by atoms with E-state index in [-0.39, 0.29) is 12.1 Å². The van der Waals surface area contributed by atoms with Gasteiger partial charge < -0.3 is 4.90 Å². The predicted molar refractivity (Wildman–Crippen MR) is 102 cm³/mol. The van der Waals surface area contributed by atoms with E-state index >= 15 is 0 Å². The Labute approximate surface area is 162 Å². The van der Waals surface area contributed by atoms with Crippen LogP contribution in [0.3, 0.4) is 0 Å². The lowest BCUT2D eigenvalue weighted by Crippen LogP contribution is -2.72. The zero-order chi connectivity index (χ0) is 20.8. The number of nitro benzene ring substituents is 1. The summed E-state index contributed by atoms with van der Waals surface area (Å²) < 4.78 is 0. The third-order valence-electron chi connectivity index (χ3n) is 5.68. The Bertz CT molecular complexity index is 868. The van der Waals surface area contributed by atoms with Gasteiger partial charge in [-0.25, -0.2) is 4.79 Å². The topological polar surface area (TPSA) is 113 Å². The number of rotatable bonds is 4. The summed E-state index contributed by atoms with van der Waals surface area (Å²) in [6.45, 7) is 5.38. The lowest BCUT2D eigenvalue weighted by Gasteiger charge is -2.51. The standard InChI is InChI=1S/C19H24N4O5/c1-5-6-15-19(16(24)20-18(26)22(11(2)3)17(19)25)10-12-9-13(23(27)28)7-8-14(12)21(15)4/h7-9,11,15H,5-6,10H2,1-4H3,(H,20,24,26)/t15-,19+/m1/s1. The summed E-state index contributed by atoms with van der Waals surface area (Å²) in [5.41, 5.74) is -0.309. The first-order chi connectivity index (χ1) is 13.1. The Morgan fingerprint density at radius 2 is 2.00 bits per heavy atom. The van der Waals surface area contributed by atoms with Crippen LogP contribution in [0.1, 0.15) is 39.2 Å². The Hall–Kier alpha value is -2.97. The van der Waals surface area contributed by atoms with Gasteiger partial charge in [0.05, 0.1) is 11.0 Å². The Morgan fingerprint density at radius 3 is 2.57 bits per heavy atom. The number of amides is 4. The fraction of sp³-hybridized carbons (Fsp3) is 0.526. The average Bonchev–Trinajstić information content (AvgIpc) is 2.62. The van der Waals surface area contributed by atoms with Gasteiger partial charge >= 0.3 is 6.03 Å². The SMILES string of the molecule is CCC[C@H]1N(C)c2ccc([N+](=O)[O-])cc2C[C@@]12C(=O)NC(=O)N(C(C)C)C2=O. The second-order valence-corrected chi connectivity index (χ2v) is 7.66. The molecular weight excluding hydrogens is 364 g/mol. The van der Waals surface area contributed by atoms with Crippen LogP contribution in [-0.2, 0) is 16.0 Å². The van der Waals surface area contributed by atoms with Crippen molar-refractivity contribution in [1.82, 2.24) is 10.2 Å². The number of hydrogen-bond donors (Lipinski definition) is 1. The molecule has 1 saturated heterocycles. The van der Waals surface area contributed by atoms with Crippen molar-refractivity contribution in [2.45, 2.75) is 52.1 Å². The molecule has 4 amide bonds. The van der Waals surface area contributed by atoms with Crippen LogP contribution in [0, 0.1) is 15.5 Å². The van der Waals surface area contributed by atoms with Crippen LogP contribution < -0.4 is 10.2 Å². The van der Waals surface area contributed by atoms with Crippen molar-refractivity contribution in [2.24, 2.45) is 5.41 Å². The van der Waals surface area contributed by atoms with Gasteiger partial charge in [-0.15, -0.1) is 0 Å². The van der Waals surface area contributed by atoms with E-state index < -0.39 is 40.3 Å². The van der Waals surface area contributed by atoms with Gasteiger partial charge in [-0.1, -0.05) is 13.3 Å². The van der Waals surface area contributed by atoms with Crippen molar-refractivity contribution < 1.29 is 19.3 Å². The monoisotopic (exact) mass is 388 g/mol. The molecule has 0 radical (unpaired) electrons. The number of anilines is 1. The van der Waals surface area contributed by atoms with Crippen molar-refractivity contribution >= 4 is 29.2 Å². The van der Waals surface area contributed by atoms with E-state index in [1.165, 1.54) is 12.1 Å². The van der Waals surface area contributed by atoms with Gasteiger partial charge in [0.25, 0.3) is 5.69 Å². The first kappa shape index (κ1) is 19.8. The number of carbonyl (C=O) groups is 3. The Morgan fingerprint density at radius 1 is 1.32 bits per heavy atom. The van der Waals surface area contributed by atoms with Crippen molar-refractivity contribution in [3.05, 3.63) is 33.9 Å². The number of nitrogens with zero attached hydrogens (tertiary/aromatic N) is 3. The summed E-state index contributed by atoms with van der Waals surface area (Å²) in [7, 11) is 1.78. The lowest BCUT2D eigenvalue weighted by molar-refractivity contribution is -0.384. The molecule has 2 heterocycles. The number of barbiturate groups is 1. The fourth-order valence-electron chi connectivity index (χ4n) is 4.39. The molecule has 1 N–H and O–H groups in total. The normalized spacial score (nSPS) is 24.6. The summed E-state index contributed by atoms with van der Waals surface area (Å²) in [6, 6.07) is 2.87. The third-order valence-corrected chi connectivity index (χ3v) is 5.68. The molecule has 0 aromatic heterocycles. The molecule has 2 aliphatic rings. The van der Waals surface area contributed by atoms with E-state index in [0.29, 0.717) is 12.0 Å². The highest BCUT2D eigenvalue weighted by atomic mass is 16.6. The van der Waals surface area contributed by atoms with E-state index in [4.69, 9.17) is 0 Å². The molecule has 3 rings (SSSR count). The number of carbonyl (C=O) groups excluding carboxylic acids is 3. The van der Waals surface area contributed by atoms with Crippen LogP contribution in [0.15, 0.2) is 18.2 Å². The third kappa shape index (κ3) is 2.73. The van der Waals surface area contributed by atoms with Crippen molar-refractivity contribution in [3.8, 4) is 0 Å². The number of hydrogen-bond acceptors (Lipinski definition) is 6. The van der Waals surface area contributed by atoms with Crippen LogP contribution in [0.2, 0.25) is 0 Å². The highest BCUT2D eigenvalue weighted by Gasteiger charge is 2.61. The molecule has 0 unspecified atom stereocenters. The average molecular weight is 388 g/mol. The zero-order valence-corrected chi connectivity index (χ0v) is 16.4. The highest BCUT2D eigenvalue weighted by molar-refractivity contribution is 6.20. The van der Waals surface area contributed by atoms with Gasteiger partial charge in [0.15, 0.2) is 5.41 Å². The number of non-ortho nitro benzene ring substituents is 1. The number of nitro groups is 1. The summed E-state index contributed by atoms with van der Waals surface area (Å²) in [4.78, 5) is 52.5. The van der Waals surface area contributed by atoms with Crippen molar-refractivity contribution in [2.75, 3.05) is 11.9 Å². The summed E-state index contributed by atoms with van der Waals surface area (Å²) in [5.74, 6) is -1.18. The molecule has 28 heavy (non-hydrogen) atoms. The smallest absolute Gasteiger partial charge is 0.331 e. The molecule has 1 aromatic carbocycles. The van der Waals surface area contributed by atoms with Gasteiger partial charge in [0.1, 0.15) is 0 Å². The largest absolute Gasteiger partial charge is 0.370 e. The second kappa shape index (κ2) is 6.88. The lowest BCUT2D eigenvalue weighted by atomic mass is 9.67. The molecule has 2 aliphatic heterocycles. The van der Waals surface area contributed by atoms with E-state index in [0.717, 1.165) is 17.0 Å². The van der Waals surface area contributed by atoms with Gasteiger partial charge in [0.2, 0.25) is 11.8 Å². The molecule has 0 saturated carbocycles. The number of urea groups is 1. The number of nitrogens with one attached hydrogen (secondary N) is 1. The Kier molecular flexibility index (Phi) is 4.86. The molecule has 1 spiro atoms. The summed E-state index contributed by atoms with van der Waals surface area (Å²) in [5, 5.41) is 13.6. The quantitative estimate of drug-likeness (QED) is 0.481. The number of fused-ring (bicyclic) bond motifs is 1. The molecule has 1 fully saturated rings. The van der Waals surface area contributed by atoms with E-state index in [2.05, 4.69) is 5.32 Å². The molecule has 0 aliphatic carbocycles. The van der Waals surface area contributed by atoms with E-state index in [9.17, 15) is 24.5 Å². The maximum atomic E-state index is 13.5. The predicted octanol–water partition coefficient (Wildman–Crippen LogP) is 2.23.